The van der Waals surface area contributed by atoms with E-state index in [4.69, 9.17) is 44.3 Å². The first-order valence-electron chi connectivity index (χ1n) is 6.67. The third-order valence-electron chi connectivity index (χ3n) is 2.94. The highest BCUT2D eigenvalue weighted by Crippen LogP contribution is 2.27. The van der Waals surface area contributed by atoms with Gasteiger partial charge in [-0.1, -0.05) is 40.9 Å². The van der Waals surface area contributed by atoms with Crippen LogP contribution in [0.5, 0.6) is 5.75 Å². The number of methoxy groups -OCH3 is 1. The maximum atomic E-state index is 12.0. The summed E-state index contributed by atoms with van der Waals surface area (Å²) >= 11 is 17.8. The predicted molar refractivity (Wildman–Crippen MR) is 93.4 cm³/mol. The molecule has 0 aliphatic carbocycles. The molecule has 0 unspecified atom stereocenters. The Hall–Kier alpha value is -1.95. The van der Waals surface area contributed by atoms with E-state index in [0.29, 0.717) is 16.5 Å². The van der Waals surface area contributed by atoms with Gasteiger partial charge in [0, 0.05) is 5.69 Å². The lowest BCUT2D eigenvalue weighted by Crippen LogP contribution is -2.21. The van der Waals surface area contributed by atoms with Crippen LogP contribution in [0.2, 0.25) is 15.1 Å². The molecule has 0 fully saturated rings. The van der Waals surface area contributed by atoms with Crippen molar-refractivity contribution < 1.29 is 19.1 Å². The lowest BCUT2D eigenvalue weighted by atomic mass is 10.2. The molecule has 0 aromatic heterocycles. The highest BCUT2D eigenvalue weighted by atomic mass is 35.5. The average Bonchev–Trinajstić information content (AvgIpc) is 2.53. The van der Waals surface area contributed by atoms with Crippen molar-refractivity contribution in [3.8, 4) is 5.75 Å². The van der Waals surface area contributed by atoms with Crippen LogP contribution in [0.3, 0.4) is 0 Å². The van der Waals surface area contributed by atoms with Gasteiger partial charge in [0.15, 0.2) is 6.61 Å². The van der Waals surface area contributed by atoms with Gasteiger partial charge < -0.3 is 14.8 Å². The quantitative estimate of drug-likeness (QED) is 0.769. The number of ether oxygens (including phenoxy) is 2. The number of esters is 1. The van der Waals surface area contributed by atoms with Gasteiger partial charge in [-0.05, 0) is 30.3 Å². The molecule has 0 aliphatic heterocycles. The number of rotatable bonds is 5. The Balaban J connectivity index is 1.96. The van der Waals surface area contributed by atoms with E-state index in [2.05, 4.69) is 5.32 Å². The van der Waals surface area contributed by atoms with Crippen molar-refractivity contribution in [1.29, 1.82) is 0 Å². The number of hydrogen-bond acceptors (Lipinski definition) is 4. The van der Waals surface area contributed by atoms with Crippen LogP contribution in [0.1, 0.15) is 10.4 Å². The molecular formula is C16H12Cl3NO4. The number of nitrogens with one attached hydrogen (secondary N) is 1. The summed E-state index contributed by atoms with van der Waals surface area (Å²) in [7, 11) is 1.48. The fourth-order valence-corrected chi connectivity index (χ4v) is 2.65. The Morgan fingerprint density at radius 1 is 1.04 bits per heavy atom. The van der Waals surface area contributed by atoms with Crippen LogP contribution in [0.25, 0.3) is 0 Å². The van der Waals surface area contributed by atoms with Gasteiger partial charge in [-0.3, -0.25) is 4.79 Å². The Labute approximate surface area is 153 Å². The molecule has 8 heteroatoms. The Kier molecular flexibility index (Phi) is 6.31. The minimum atomic E-state index is -0.784. The number of benzene rings is 2. The Bertz CT molecular complexity index is 760. The molecule has 24 heavy (non-hydrogen) atoms. The number of carbonyl (C=O) groups is 2. The summed E-state index contributed by atoms with van der Waals surface area (Å²) in [6.45, 7) is -0.496. The van der Waals surface area contributed by atoms with E-state index in [1.165, 1.54) is 25.3 Å². The van der Waals surface area contributed by atoms with Gasteiger partial charge in [0.05, 0.1) is 27.7 Å². The van der Waals surface area contributed by atoms with Crippen LogP contribution in [0, 0.1) is 0 Å². The summed E-state index contributed by atoms with van der Waals surface area (Å²) in [6, 6.07) is 9.34. The van der Waals surface area contributed by atoms with Crippen LogP contribution in [-0.2, 0) is 9.53 Å². The van der Waals surface area contributed by atoms with Gasteiger partial charge in [-0.15, -0.1) is 0 Å². The van der Waals surface area contributed by atoms with Gasteiger partial charge in [0.25, 0.3) is 5.91 Å². The van der Waals surface area contributed by atoms with Crippen LogP contribution >= 0.6 is 34.8 Å². The van der Waals surface area contributed by atoms with Crippen molar-refractivity contribution in [1.82, 2.24) is 0 Å². The van der Waals surface area contributed by atoms with Crippen molar-refractivity contribution in [2.24, 2.45) is 0 Å². The van der Waals surface area contributed by atoms with Crippen LogP contribution in [0.4, 0.5) is 5.69 Å². The molecule has 0 radical (unpaired) electrons. The molecule has 0 saturated heterocycles. The molecule has 126 valence electrons. The van der Waals surface area contributed by atoms with Gasteiger partial charge >= 0.3 is 5.97 Å². The minimum Gasteiger partial charge on any atom is -0.495 e. The van der Waals surface area contributed by atoms with Crippen molar-refractivity contribution >= 4 is 52.4 Å². The minimum absolute atomic E-state index is 0.0149. The topological polar surface area (TPSA) is 64.6 Å². The number of amides is 1. The average molecular weight is 389 g/mol. The normalized spacial score (nSPS) is 10.2. The zero-order valence-electron chi connectivity index (χ0n) is 12.4. The lowest BCUT2D eigenvalue weighted by molar-refractivity contribution is -0.119. The second-order valence-electron chi connectivity index (χ2n) is 4.57. The molecule has 0 saturated carbocycles. The summed E-state index contributed by atoms with van der Waals surface area (Å²) in [6.07, 6.45) is 0. The van der Waals surface area contributed by atoms with E-state index in [1.807, 2.05) is 0 Å². The monoisotopic (exact) mass is 387 g/mol. The third-order valence-corrected chi connectivity index (χ3v) is 3.86. The molecule has 0 spiro atoms. The molecule has 2 aromatic carbocycles. The van der Waals surface area contributed by atoms with E-state index in [1.54, 1.807) is 18.2 Å². The van der Waals surface area contributed by atoms with E-state index in [9.17, 15) is 9.59 Å². The maximum Gasteiger partial charge on any atom is 0.341 e. The molecule has 0 aliphatic rings. The van der Waals surface area contributed by atoms with E-state index < -0.39 is 18.5 Å². The second-order valence-corrected chi connectivity index (χ2v) is 5.79. The summed E-state index contributed by atoms with van der Waals surface area (Å²) in [4.78, 5) is 23.8. The summed E-state index contributed by atoms with van der Waals surface area (Å²) < 4.78 is 9.94. The highest BCUT2D eigenvalue weighted by Gasteiger charge is 2.17. The van der Waals surface area contributed by atoms with E-state index in [0.717, 1.165) is 0 Å². The van der Waals surface area contributed by atoms with Gasteiger partial charge in [-0.2, -0.15) is 0 Å². The van der Waals surface area contributed by atoms with Gasteiger partial charge in [0.2, 0.25) is 0 Å². The highest BCUT2D eigenvalue weighted by molar-refractivity contribution is 6.39. The SMILES string of the molecule is COc1ccc(NC(=O)COC(=O)c2c(Cl)cccc2Cl)cc1Cl. The Morgan fingerprint density at radius 2 is 1.71 bits per heavy atom. The molecular weight excluding hydrogens is 377 g/mol. The third kappa shape index (κ3) is 4.54. The summed E-state index contributed by atoms with van der Waals surface area (Å²) in [5, 5.41) is 3.19. The zero-order chi connectivity index (χ0) is 17.7. The standard InChI is InChI=1S/C16H12Cl3NO4/c1-23-13-6-5-9(7-12(13)19)20-14(21)8-24-16(22)15-10(17)3-2-4-11(15)18/h2-7H,8H2,1H3,(H,20,21). The van der Waals surface area contributed by atoms with Crippen LogP contribution < -0.4 is 10.1 Å². The first kappa shape index (κ1) is 18.4. The first-order chi connectivity index (χ1) is 11.4. The number of halogens is 3. The first-order valence-corrected chi connectivity index (χ1v) is 7.80. The molecule has 1 amide bonds. The molecule has 0 heterocycles. The molecule has 2 rings (SSSR count). The van der Waals surface area contributed by atoms with Crippen LogP contribution in [0.15, 0.2) is 36.4 Å². The number of carbonyl (C=O) groups excluding carboxylic acids is 2. The smallest absolute Gasteiger partial charge is 0.341 e. The van der Waals surface area contributed by atoms with E-state index in [-0.39, 0.29) is 15.6 Å². The predicted octanol–water partition coefficient (Wildman–Crippen LogP) is 4.45. The zero-order valence-corrected chi connectivity index (χ0v) is 14.7. The Morgan fingerprint density at radius 3 is 2.29 bits per heavy atom. The van der Waals surface area contributed by atoms with Crippen LogP contribution in [-0.4, -0.2) is 25.6 Å². The van der Waals surface area contributed by atoms with E-state index >= 15 is 0 Å². The van der Waals surface area contributed by atoms with Gasteiger partial charge in [0.1, 0.15) is 5.75 Å². The number of anilines is 1. The molecule has 5 nitrogen and oxygen atoms in total. The van der Waals surface area contributed by atoms with Crippen molar-refractivity contribution in [3.05, 3.63) is 57.0 Å². The van der Waals surface area contributed by atoms with Crippen molar-refractivity contribution in [2.45, 2.75) is 0 Å². The largest absolute Gasteiger partial charge is 0.495 e. The fraction of sp³-hybridized carbons (Fsp3) is 0.125. The maximum absolute atomic E-state index is 12.0. The second kappa shape index (κ2) is 8.24. The number of hydrogen-bond donors (Lipinski definition) is 1. The fourth-order valence-electron chi connectivity index (χ4n) is 1.84. The molecule has 0 atom stereocenters. The van der Waals surface area contributed by atoms with Crippen molar-refractivity contribution in [2.75, 3.05) is 19.0 Å². The molecule has 0 bridgehead atoms. The summed E-state index contributed by atoms with van der Waals surface area (Å²) in [5.74, 6) is -0.837. The molecule has 2 aromatic rings. The van der Waals surface area contributed by atoms with Crippen molar-refractivity contribution in [3.63, 3.8) is 0 Å². The molecule has 1 N–H and O–H groups in total. The summed E-state index contributed by atoms with van der Waals surface area (Å²) in [5.41, 5.74) is 0.457. The van der Waals surface area contributed by atoms with Gasteiger partial charge in [-0.25, -0.2) is 4.79 Å². The lowest BCUT2D eigenvalue weighted by Gasteiger charge is -2.09.